The number of aromatic nitrogens is 6. The van der Waals surface area contributed by atoms with Crippen molar-refractivity contribution >= 4 is 5.65 Å². The van der Waals surface area contributed by atoms with Crippen molar-refractivity contribution in [2.75, 3.05) is 13.1 Å². The molecule has 4 aromatic heterocycles. The van der Waals surface area contributed by atoms with Crippen molar-refractivity contribution in [2.45, 2.75) is 45.2 Å². The maximum Gasteiger partial charge on any atom is 0.156 e. The molecule has 7 heteroatoms. The van der Waals surface area contributed by atoms with Gasteiger partial charge in [0.25, 0.3) is 0 Å². The van der Waals surface area contributed by atoms with Crippen LogP contribution in [0.5, 0.6) is 0 Å². The second-order valence-corrected chi connectivity index (χ2v) is 8.42. The normalized spacial score (nSPS) is 17.8. The molecule has 0 aromatic carbocycles. The number of rotatable bonds is 5. The van der Waals surface area contributed by atoms with E-state index in [9.17, 15) is 0 Å². The maximum absolute atomic E-state index is 4.84. The van der Waals surface area contributed by atoms with Gasteiger partial charge in [0, 0.05) is 61.0 Å². The van der Waals surface area contributed by atoms with E-state index in [1.165, 1.54) is 12.0 Å². The highest BCUT2D eigenvalue weighted by Crippen LogP contribution is 2.27. The second-order valence-electron chi connectivity index (χ2n) is 8.42. The van der Waals surface area contributed by atoms with Crippen LogP contribution in [0.2, 0.25) is 0 Å². The summed E-state index contributed by atoms with van der Waals surface area (Å²) < 4.78 is 3.94. The van der Waals surface area contributed by atoms with Crippen molar-refractivity contribution < 1.29 is 0 Å². The van der Waals surface area contributed by atoms with Crippen LogP contribution in [-0.4, -0.2) is 47.4 Å². The molecule has 154 valence electrons. The van der Waals surface area contributed by atoms with Gasteiger partial charge in [-0.05, 0) is 63.1 Å². The lowest BCUT2D eigenvalue weighted by atomic mass is 9.97. The molecule has 0 saturated carbocycles. The minimum atomic E-state index is 0.364. The van der Waals surface area contributed by atoms with Crippen molar-refractivity contribution in [2.24, 2.45) is 0 Å². The lowest BCUT2D eigenvalue weighted by molar-refractivity contribution is 0.196. The van der Waals surface area contributed by atoms with E-state index in [0.717, 1.165) is 48.7 Å². The standard InChI is InChI=1S/C23H27N7/c1-17(2)29-14-18(12-25-29)13-28-11-3-4-21(15-28)23-26-22-6-5-20(16-30(22)27-23)19-7-9-24-10-8-19/h5-10,12,14,16-17,21H,3-4,11,13,15H2,1-2H3. The molecule has 1 fully saturated rings. The Labute approximate surface area is 176 Å². The molecule has 1 aliphatic heterocycles. The Morgan fingerprint density at radius 3 is 2.73 bits per heavy atom. The highest BCUT2D eigenvalue weighted by molar-refractivity contribution is 5.63. The van der Waals surface area contributed by atoms with Gasteiger partial charge >= 0.3 is 0 Å². The maximum atomic E-state index is 4.84. The van der Waals surface area contributed by atoms with Crippen molar-refractivity contribution in [1.82, 2.24) is 34.3 Å². The fourth-order valence-corrected chi connectivity index (χ4v) is 4.20. The van der Waals surface area contributed by atoms with Gasteiger partial charge in [-0.3, -0.25) is 14.6 Å². The van der Waals surface area contributed by atoms with E-state index < -0.39 is 0 Å². The van der Waals surface area contributed by atoms with Gasteiger partial charge in [0.05, 0.1) is 6.20 Å². The third kappa shape index (κ3) is 3.85. The SMILES string of the molecule is CC(C)n1cc(CN2CCCC(c3nc4ccc(-c5ccncc5)cn4n3)C2)cn1. The number of piperidine rings is 1. The highest BCUT2D eigenvalue weighted by Gasteiger charge is 2.25. The molecule has 1 unspecified atom stereocenters. The predicted molar refractivity (Wildman–Crippen MR) is 116 cm³/mol. The van der Waals surface area contributed by atoms with E-state index in [1.807, 2.05) is 46.0 Å². The number of likely N-dealkylation sites (tertiary alicyclic amines) is 1. The third-order valence-corrected chi connectivity index (χ3v) is 5.82. The van der Waals surface area contributed by atoms with E-state index in [2.05, 4.69) is 47.3 Å². The Kier molecular flexibility index (Phi) is 5.04. The van der Waals surface area contributed by atoms with Crippen LogP contribution < -0.4 is 0 Å². The summed E-state index contributed by atoms with van der Waals surface area (Å²) in [5.74, 6) is 1.31. The molecule has 0 spiro atoms. The van der Waals surface area contributed by atoms with Gasteiger partial charge in [-0.15, -0.1) is 0 Å². The highest BCUT2D eigenvalue weighted by atomic mass is 15.3. The fraction of sp³-hybridized carbons (Fsp3) is 0.391. The number of nitrogens with zero attached hydrogens (tertiary/aromatic N) is 7. The molecular formula is C23H27N7. The van der Waals surface area contributed by atoms with E-state index in [-0.39, 0.29) is 0 Å². The average Bonchev–Trinajstić information content (AvgIpc) is 3.41. The number of pyridine rings is 2. The van der Waals surface area contributed by atoms with Crippen molar-refractivity contribution in [3.63, 3.8) is 0 Å². The van der Waals surface area contributed by atoms with E-state index in [1.54, 1.807) is 0 Å². The summed E-state index contributed by atoms with van der Waals surface area (Å²) >= 11 is 0. The Morgan fingerprint density at radius 1 is 1.07 bits per heavy atom. The van der Waals surface area contributed by atoms with Gasteiger partial charge in [-0.2, -0.15) is 10.2 Å². The average molecular weight is 402 g/mol. The van der Waals surface area contributed by atoms with Crippen molar-refractivity contribution in [3.8, 4) is 11.1 Å². The smallest absolute Gasteiger partial charge is 0.156 e. The van der Waals surface area contributed by atoms with Gasteiger partial charge in [-0.25, -0.2) is 9.50 Å². The topological polar surface area (TPSA) is 64.1 Å². The molecular weight excluding hydrogens is 374 g/mol. The summed E-state index contributed by atoms with van der Waals surface area (Å²) in [6.45, 7) is 7.35. The van der Waals surface area contributed by atoms with Crippen LogP contribution in [0.15, 0.2) is 55.2 Å². The van der Waals surface area contributed by atoms with Gasteiger partial charge in [-0.1, -0.05) is 0 Å². The van der Waals surface area contributed by atoms with Gasteiger partial charge in [0.2, 0.25) is 0 Å². The second kappa shape index (κ2) is 7.99. The molecule has 7 nitrogen and oxygen atoms in total. The zero-order chi connectivity index (χ0) is 20.5. The van der Waals surface area contributed by atoms with E-state index in [4.69, 9.17) is 10.1 Å². The Hall–Kier alpha value is -3.06. The molecule has 1 aliphatic rings. The van der Waals surface area contributed by atoms with Crippen molar-refractivity contribution in [3.05, 3.63) is 66.6 Å². The summed E-state index contributed by atoms with van der Waals surface area (Å²) in [6.07, 6.45) is 12.1. The largest absolute Gasteiger partial charge is 0.298 e. The number of fused-ring (bicyclic) bond motifs is 1. The first kappa shape index (κ1) is 18.9. The zero-order valence-electron chi connectivity index (χ0n) is 17.5. The molecule has 0 N–H and O–H groups in total. The molecule has 5 rings (SSSR count). The van der Waals surface area contributed by atoms with E-state index >= 15 is 0 Å². The van der Waals surface area contributed by atoms with Crippen LogP contribution in [-0.2, 0) is 6.54 Å². The fourth-order valence-electron chi connectivity index (χ4n) is 4.20. The van der Waals surface area contributed by atoms with Gasteiger partial charge in [0.15, 0.2) is 11.5 Å². The predicted octanol–water partition coefficient (Wildman–Crippen LogP) is 3.95. The third-order valence-electron chi connectivity index (χ3n) is 5.82. The Bertz CT molecular complexity index is 1130. The molecule has 30 heavy (non-hydrogen) atoms. The van der Waals surface area contributed by atoms with Crippen LogP contribution >= 0.6 is 0 Å². The molecule has 0 aliphatic carbocycles. The summed E-state index contributed by atoms with van der Waals surface area (Å²) in [6, 6.07) is 8.57. The number of hydrogen-bond donors (Lipinski definition) is 0. The first-order valence-corrected chi connectivity index (χ1v) is 10.7. The Balaban J connectivity index is 1.33. The summed E-state index contributed by atoms with van der Waals surface area (Å²) in [4.78, 5) is 11.4. The minimum absolute atomic E-state index is 0.364. The molecule has 0 bridgehead atoms. The molecule has 0 radical (unpaired) electrons. The van der Waals surface area contributed by atoms with E-state index in [0.29, 0.717) is 12.0 Å². The van der Waals surface area contributed by atoms with Gasteiger partial charge < -0.3 is 0 Å². The molecule has 0 amide bonds. The summed E-state index contributed by atoms with van der Waals surface area (Å²) in [5.41, 5.74) is 4.43. The molecule has 1 saturated heterocycles. The summed E-state index contributed by atoms with van der Waals surface area (Å²) in [7, 11) is 0. The first-order valence-electron chi connectivity index (χ1n) is 10.7. The quantitative estimate of drug-likeness (QED) is 0.507. The number of hydrogen-bond acceptors (Lipinski definition) is 5. The molecule has 5 heterocycles. The van der Waals surface area contributed by atoms with Crippen LogP contribution in [0.25, 0.3) is 16.8 Å². The lowest BCUT2D eigenvalue weighted by Crippen LogP contribution is -2.34. The van der Waals surface area contributed by atoms with Crippen molar-refractivity contribution in [1.29, 1.82) is 0 Å². The van der Waals surface area contributed by atoms with Gasteiger partial charge in [0.1, 0.15) is 0 Å². The monoisotopic (exact) mass is 401 g/mol. The minimum Gasteiger partial charge on any atom is -0.298 e. The molecule has 4 aromatic rings. The van der Waals surface area contributed by atoms with Crippen LogP contribution in [0.4, 0.5) is 0 Å². The van der Waals surface area contributed by atoms with Crippen LogP contribution in [0, 0.1) is 0 Å². The van der Waals surface area contributed by atoms with Crippen LogP contribution in [0.3, 0.4) is 0 Å². The lowest BCUT2D eigenvalue weighted by Gasteiger charge is -2.30. The Morgan fingerprint density at radius 2 is 1.93 bits per heavy atom. The molecule has 1 atom stereocenters. The summed E-state index contributed by atoms with van der Waals surface area (Å²) in [5, 5.41) is 9.32. The zero-order valence-corrected chi connectivity index (χ0v) is 17.5. The first-order chi connectivity index (χ1) is 14.7. The van der Waals surface area contributed by atoms with Crippen LogP contribution in [0.1, 0.15) is 50.0 Å².